The number of hydrogen-bond acceptors (Lipinski definition) is 6. The largest absolute Gasteiger partial charge is 0.493 e. The molecule has 0 aromatic carbocycles. The van der Waals surface area contributed by atoms with E-state index in [9.17, 15) is 15.0 Å². The van der Waals surface area contributed by atoms with Gasteiger partial charge in [-0.3, -0.25) is 9.36 Å². The summed E-state index contributed by atoms with van der Waals surface area (Å²) < 4.78 is 11.8. The van der Waals surface area contributed by atoms with Crippen LogP contribution in [0.3, 0.4) is 0 Å². The van der Waals surface area contributed by atoms with Gasteiger partial charge in [-0.15, -0.1) is 0 Å². The molecule has 0 amide bonds. The summed E-state index contributed by atoms with van der Waals surface area (Å²) in [6.45, 7) is 0.0437. The van der Waals surface area contributed by atoms with Crippen LogP contribution in [-0.2, 0) is 11.2 Å². The van der Waals surface area contributed by atoms with Crippen LogP contribution in [-0.4, -0.2) is 51.4 Å². The van der Waals surface area contributed by atoms with Gasteiger partial charge in [-0.25, -0.2) is 0 Å². The molecule has 3 rings (SSSR count). The SMILES string of the molecule is O=c1c2c(ccn1[C@@H]1O[C@H](CO)[C@@H](O)[C@@H]1O)OCC2. The standard InChI is InChI=1S/C12H15NO6/c14-5-8-9(15)10(16)12(19-8)13-3-1-7-6(11(13)17)2-4-18-7/h1,3,8-10,12,14-16H,2,4-5H2/t8-,9-,10+,12-/m1/s1. The van der Waals surface area contributed by atoms with Crippen molar-refractivity contribution in [2.45, 2.75) is 31.0 Å². The number of aromatic nitrogens is 1. The topological polar surface area (TPSA) is 101 Å². The Bertz CT molecular complexity index is 542. The first-order chi connectivity index (χ1) is 9.13. The summed E-state index contributed by atoms with van der Waals surface area (Å²) >= 11 is 0. The van der Waals surface area contributed by atoms with Crippen LogP contribution in [0.1, 0.15) is 11.8 Å². The van der Waals surface area contributed by atoms with Crippen molar-refractivity contribution >= 4 is 0 Å². The number of hydrogen-bond donors (Lipinski definition) is 3. The minimum absolute atomic E-state index is 0.301. The van der Waals surface area contributed by atoms with Gasteiger partial charge in [0.25, 0.3) is 5.56 Å². The Morgan fingerprint density at radius 2 is 2.16 bits per heavy atom. The molecule has 0 radical (unpaired) electrons. The average molecular weight is 269 g/mol. The number of rotatable bonds is 2. The van der Waals surface area contributed by atoms with Gasteiger partial charge in [-0.1, -0.05) is 0 Å². The van der Waals surface area contributed by atoms with Crippen LogP contribution in [0.15, 0.2) is 17.1 Å². The highest BCUT2D eigenvalue weighted by Gasteiger charge is 2.43. The second-order valence-electron chi connectivity index (χ2n) is 4.70. The lowest BCUT2D eigenvalue weighted by atomic mass is 10.1. The average Bonchev–Trinajstić information content (AvgIpc) is 2.98. The summed E-state index contributed by atoms with van der Waals surface area (Å²) in [6, 6.07) is 1.64. The zero-order valence-electron chi connectivity index (χ0n) is 10.1. The van der Waals surface area contributed by atoms with E-state index >= 15 is 0 Å². The van der Waals surface area contributed by atoms with Gasteiger partial charge in [-0.05, 0) is 6.07 Å². The number of aliphatic hydroxyl groups is 3. The Labute approximate surface area is 108 Å². The Morgan fingerprint density at radius 1 is 1.37 bits per heavy atom. The van der Waals surface area contributed by atoms with Gasteiger partial charge in [0.15, 0.2) is 6.23 Å². The Hall–Kier alpha value is -1.41. The highest BCUT2D eigenvalue weighted by atomic mass is 16.6. The van der Waals surface area contributed by atoms with Crippen LogP contribution in [0, 0.1) is 0 Å². The Balaban J connectivity index is 1.98. The summed E-state index contributed by atoms with van der Waals surface area (Å²) in [6.07, 6.45) is -2.38. The predicted octanol–water partition coefficient (Wildman–Crippen LogP) is -1.61. The zero-order valence-corrected chi connectivity index (χ0v) is 10.1. The van der Waals surface area contributed by atoms with Crippen LogP contribution < -0.4 is 10.3 Å². The van der Waals surface area contributed by atoms with Gasteiger partial charge in [0.05, 0.1) is 18.8 Å². The smallest absolute Gasteiger partial charge is 0.259 e. The minimum atomic E-state index is -1.25. The quantitative estimate of drug-likeness (QED) is 0.597. The maximum atomic E-state index is 12.2. The van der Waals surface area contributed by atoms with Crippen molar-refractivity contribution in [2.24, 2.45) is 0 Å². The third-order valence-corrected chi connectivity index (χ3v) is 3.58. The van der Waals surface area contributed by atoms with Gasteiger partial charge in [0, 0.05) is 12.6 Å². The van der Waals surface area contributed by atoms with Crippen LogP contribution >= 0.6 is 0 Å². The summed E-state index contributed by atoms with van der Waals surface area (Å²) in [5, 5.41) is 28.6. The molecule has 0 bridgehead atoms. The molecule has 0 unspecified atom stereocenters. The van der Waals surface area contributed by atoms with Crippen LogP contribution in [0.25, 0.3) is 0 Å². The van der Waals surface area contributed by atoms with Crippen LogP contribution in [0.4, 0.5) is 0 Å². The second-order valence-corrected chi connectivity index (χ2v) is 4.70. The molecule has 3 N–H and O–H groups in total. The summed E-state index contributed by atoms with van der Waals surface area (Å²) in [5.74, 6) is 0.549. The van der Waals surface area contributed by atoms with Crippen molar-refractivity contribution in [3.63, 3.8) is 0 Å². The van der Waals surface area contributed by atoms with Gasteiger partial charge in [0.1, 0.15) is 24.1 Å². The number of ether oxygens (including phenoxy) is 2. The van der Waals surface area contributed by atoms with Gasteiger partial charge in [0.2, 0.25) is 0 Å². The fourth-order valence-corrected chi connectivity index (χ4v) is 2.52. The van der Waals surface area contributed by atoms with Crippen molar-refractivity contribution in [3.05, 3.63) is 28.2 Å². The molecule has 4 atom stereocenters. The third kappa shape index (κ3) is 1.86. The minimum Gasteiger partial charge on any atom is -0.493 e. The predicted molar refractivity (Wildman–Crippen MR) is 62.9 cm³/mol. The number of pyridine rings is 1. The summed E-state index contributed by atoms with van der Waals surface area (Å²) in [4.78, 5) is 12.2. The molecule has 2 aliphatic heterocycles. The maximum Gasteiger partial charge on any atom is 0.259 e. The molecule has 0 saturated carbocycles. The third-order valence-electron chi connectivity index (χ3n) is 3.58. The molecular weight excluding hydrogens is 254 g/mol. The number of fused-ring (bicyclic) bond motifs is 1. The molecule has 1 aromatic rings. The second kappa shape index (κ2) is 4.61. The fourth-order valence-electron chi connectivity index (χ4n) is 2.52. The molecule has 0 aliphatic carbocycles. The van der Waals surface area contributed by atoms with E-state index in [1.165, 1.54) is 10.8 Å². The molecule has 2 aliphatic rings. The van der Waals surface area contributed by atoms with Crippen LogP contribution in [0.2, 0.25) is 0 Å². The van der Waals surface area contributed by atoms with Crippen molar-refractivity contribution < 1.29 is 24.8 Å². The number of nitrogens with zero attached hydrogens (tertiary/aromatic N) is 1. The molecule has 1 fully saturated rings. The first kappa shape index (κ1) is 12.6. The maximum absolute atomic E-state index is 12.2. The van der Waals surface area contributed by atoms with Gasteiger partial charge >= 0.3 is 0 Å². The molecule has 104 valence electrons. The van der Waals surface area contributed by atoms with E-state index in [0.29, 0.717) is 24.3 Å². The van der Waals surface area contributed by atoms with E-state index in [0.717, 1.165) is 0 Å². The highest BCUT2D eigenvalue weighted by molar-refractivity contribution is 5.34. The lowest BCUT2D eigenvalue weighted by molar-refractivity contribution is -0.0544. The Kier molecular flexibility index (Phi) is 3.06. The first-order valence-electron chi connectivity index (χ1n) is 6.12. The molecular formula is C12H15NO6. The van der Waals surface area contributed by atoms with E-state index in [2.05, 4.69) is 0 Å². The van der Waals surface area contributed by atoms with Crippen molar-refractivity contribution in [1.82, 2.24) is 4.57 Å². The molecule has 7 nitrogen and oxygen atoms in total. The molecule has 1 saturated heterocycles. The van der Waals surface area contributed by atoms with E-state index in [4.69, 9.17) is 14.6 Å². The van der Waals surface area contributed by atoms with Gasteiger partial charge < -0.3 is 24.8 Å². The van der Waals surface area contributed by atoms with E-state index in [-0.39, 0.29) is 5.56 Å². The Morgan fingerprint density at radius 3 is 2.84 bits per heavy atom. The monoisotopic (exact) mass is 269 g/mol. The van der Waals surface area contributed by atoms with Gasteiger partial charge in [-0.2, -0.15) is 0 Å². The molecule has 3 heterocycles. The number of aliphatic hydroxyl groups excluding tert-OH is 3. The summed E-state index contributed by atoms with van der Waals surface area (Å²) in [5.41, 5.74) is 0.241. The van der Waals surface area contributed by atoms with E-state index < -0.39 is 31.1 Å². The lowest BCUT2D eigenvalue weighted by Crippen LogP contribution is -2.35. The zero-order chi connectivity index (χ0) is 13.6. The molecule has 7 heteroatoms. The fraction of sp³-hybridized carbons (Fsp3) is 0.583. The van der Waals surface area contributed by atoms with E-state index in [1.54, 1.807) is 6.07 Å². The van der Waals surface area contributed by atoms with E-state index in [1.807, 2.05) is 0 Å². The first-order valence-corrected chi connectivity index (χ1v) is 6.12. The highest BCUT2D eigenvalue weighted by Crippen LogP contribution is 2.29. The van der Waals surface area contributed by atoms with Crippen LogP contribution in [0.5, 0.6) is 5.75 Å². The lowest BCUT2D eigenvalue weighted by Gasteiger charge is -2.18. The molecule has 0 spiro atoms. The van der Waals surface area contributed by atoms with Crippen molar-refractivity contribution in [3.8, 4) is 5.75 Å². The van der Waals surface area contributed by atoms with Crippen molar-refractivity contribution in [2.75, 3.05) is 13.2 Å². The molecule has 19 heavy (non-hydrogen) atoms. The normalized spacial score (nSPS) is 33.2. The molecule has 1 aromatic heterocycles. The van der Waals surface area contributed by atoms with Crippen molar-refractivity contribution in [1.29, 1.82) is 0 Å². The summed E-state index contributed by atoms with van der Waals surface area (Å²) in [7, 11) is 0.